The third-order valence-electron chi connectivity index (χ3n) is 13.2. The van der Waals surface area contributed by atoms with E-state index in [0.717, 1.165) is 22.7 Å². The van der Waals surface area contributed by atoms with Gasteiger partial charge in [0, 0.05) is 38.8 Å². The SMILES string of the molecule is CC1(C)c2ccccc2-c2ccc(N(c3ccc4c5ccccc5n(-c5ccccc5)c4c3)c3cccc(-c4ccccc4)c3-c3cc4ccccc4c4ccccc34)cc21. The van der Waals surface area contributed by atoms with Gasteiger partial charge in [-0.3, -0.25) is 0 Å². The van der Waals surface area contributed by atoms with Crippen LogP contribution >= 0.6 is 0 Å². The topological polar surface area (TPSA) is 8.17 Å². The van der Waals surface area contributed by atoms with E-state index >= 15 is 0 Å². The summed E-state index contributed by atoms with van der Waals surface area (Å²) in [5.74, 6) is 0. The van der Waals surface area contributed by atoms with E-state index in [1.807, 2.05) is 0 Å². The monoisotopic (exact) mass is 778 g/mol. The molecule has 0 N–H and O–H groups in total. The number of nitrogens with zero attached hydrogens (tertiary/aromatic N) is 2. The molecule has 0 aliphatic heterocycles. The van der Waals surface area contributed by atoms with Crippen LogP contribution in [0.2, 0.25) is 0 Å². The van der Waals surface area contributed by atoms with E-state index in [4.69, 9.17) is 0 Å². The Morgan fingerprint density at radius 3 is 1.82 bits per heavy atom. The predicted molar refractivity (Wildman–Crippen MR) is 259 cm³/mol. The van der Waals surface area contributed by atoms with E-state index < -0.39 is 0 Å². The van der Waals surface area contributed by atoms with Gasteiger partial charge in [0.1, 0.15) is 0 Å². The first kappa shape index (κ1) is 35.3. The van der Waals surface area contributed by atoms with Crippen LogP contribution in [0.25, 0.3) is 82.4 Å². The van der Waals surface area contributed by atoms with Crippen molar-refractivity contribution < 1.29 is 0 Å². The van der Waals surface area contributed by atoms with Crippen LogP contribution in [0.1, 0.15) is 25.0 Å². The molecule has 10 aromatic carbocycles. The summed E-state index contributed by atoms with van der Waals surface area (Å²) in [6.45, 7) is 4.75. The number of anilines is 3. The molecule has 288 valence electrons. The van der Waals surface area contributed by atoms with Crippen LogP contribution in [-0.4, -0.2) is 4.57 Å². The molecule has 0 fully saturated rings. The van der Waals surface area contributed by atoms with Gasteiger partial charge in [-0.2, -0.15) is 0 Å². The highest BCUT2D eigenvalue weighted by Crippen LogP contribution is 2.53. The van der Waals surface area contributed by atoms with Gasteiger partial charge in [0.15, 0.2) is 0 Å². The van der Waals surface area contributed by atoms with Crippen molar-refractivity contribution in [2.45, 2.75) is 19.3 Å². The Balaban J connectivity index is 1.20. The first-order valence-corrected chi connectivity index (χ1v) is 21.3. The molecule has 11 aromatic rings. The Morgan fingerprint density at radius 1 is 0.377 bits per heavy atom. The lowest BCUT2D eigenvalue weighted by atomic mass is 9.82. The zero-order valence-corrected chi connectivity index (χ0v) is 34.2. The van der Waals surface area contributed by atoms with E-state index in [1.165, 1.54) is 87.9 Å². The standard InChI is InChI=1S/C59H42N2/c1-59(2)53-29-15-13-26-48(53)49-34-32-42(37-54(49)59)60(43-33-35-51-50-27-14-16-30-55(50)61(57(51)38-43)41-21-7-4-8-22-41)56-31-17-28-45(39-18-5-3-6-19-39)58(56)52-36-40-20-9-10-23-44(40)46-24-11-12-25-47(46)52/h3-38H,1-2H3. The van der Waals surface area contributed by atoms with E-state index in [9.17, 15) is 0 Å². The summed E-state index contributed by atoms with van der Waals surface area (Å²) in [6.07, 6.45) is 0. The highest BCUT2D eigenvalue weighted by molar-refractivity contribution is 6.17. The minimum Gasteiger partial charge on any atom is -0.310 e. The summed E-state index contributed by atoms with van der Waals surface area (Å²) >= 11 is 0. The van der Waals surface area contributed by atoms with Gasteiger partial charge in [0.25, 0.3) is 0 Å². The summed E-state index contributed by atoms with van der Waals surface area (Å²) in [4.78, 5) is 2.53. The lowest BCUT2D eigenvalue weighted by Crippen LogP contribution is -2.17. The van der Waals surface area contributed by atoms with Crippen LogP contribution < -0.4 is 4.90 Å². The van der Waals surface area contributed by atoms with Gasteiger partial charge in [0.05, 0.1) is 16.7 Å². The highest BCUT2D eigenvalue weighted by atomic mass is 15.1. The molecule has 1 heterocycles. The van der Waals surface area contributed by atoms with Gasteiger partial charge in [0.2, 0.25) is 0 Å². The number of hydrogen-bond donors (Lipinski definition) is 0. The zero-order valence-electron chi connectivity index (χ0n) is 34.2. The molecule has 0 spiro atoms. The zero-order chi connectivity index (χ0) is 40.7. The summed E-state index contributed by atoms with van der Waals surface area (Å²) in [5.41, 5.74) is 16.8. The average molecular weight is 779 g/mol. The first-order valence-electron chi connectivity index (χ1n) is 21.3. The van der Waals surface area contributed by atoms with Gasteiger partial charge < -0.3 is 9.47 Å². The van der Waals surface area contributed by atoms with E-state index in [-0.39, 0.29) is 5.41 Å². The van der Waals surface area contributed by atoms with Crippen LogP contribution in [0.4, 0.5) is 17.1 Å². The van der Waals surface area contributed by atoms with Crippen molar-refractivity contribution in [1.29, 1.82) is 0 Å². The van der Waals surface area contributed by atoms with Crippen molar-refractivity contribution in [3.05, 3.63) is 230 Å². The van der Waals surface area contributed by atoms with Gasteiger partial charge in [-0.1, -0.05) is 178 Å². The van der Waals surface area contributed by atoms with Crippen LogP contribution in [0.15, 0.2) is 218 Å². The lowest BCUT2D eigenvalue weighted by Gasteiger charge is -2.31. The largest absolute Gasteiger partial charge is 0.310 e. The molecule has 0 radical (unpaired) electrons. The van der Waals surface area contributed by atoms with Crippen LogP contribution in [0.5, 0.6) is 0 Å². The van der Waals surface area contributed by atoms with Crippen molar-refractivity contribution in [1.82, 2.24) is 4.57 Å². The molecule has 1 aliphatic rings. The Labute approximate surface area is 356 Å². The second-order valence-corrected chi connectivity index (χ2v) is 16.9. The van der Waals surface area contributed by atoms with E-state index in [0.29, 0.717) is 0 Å². The predicted octanol–water partition coefficient (Wildman–Crippen LogP) is 16.2. The molecule has 0 saturated carbocycles. The Bertz CT molecular complexity index is 3500. The number of rotatable bonds is 6. The van der Waals surface area contributed by atoms with E-state index in [1.54, 1.807) is 0 Å². The fraction of sp³-hybridized carbons (Fsp3) is 0.0508. The molecule has 2 nitrogen and oxygen atoms in total. The quantitative estimate of drug-likeness (QED) is 0.153. The van der Waals surface area contributed by atoms with Crippen molar-refractivity contribution >= 4 is 60.4 Å². The number of fused-ring (bicyclic) bond motifs is 9. The molecule has 0 saturated heterocycles. The molecule has 2 heteroatoms. The number of benzene rings is 10. The van der Waals surface area contributed by atoms with Crippen molar-refractivity contribution in [2.75, 3.05) is 4.90 Å². The molecule has 12 rings (SSSR count). The Morgan fingerprint density at radius 2 is 0.984 bits per heavy atom. The summed E-state index contributed by atoms with van der Waals surface area (Å²) in [7, 11) is 0. The molecule has 0 unspecified atom stereocenters. The van der Waals surface area contributed by atoms with Crippen molar-refractivity contribution in [2.24, 2.45) is 0 Å². The second kappa shape index (κ2) is 13.7. The summed E-state index contributed by atoms with van der Waals surface area (Å²) in [6, 6.07) is 80.6. The molecular weight excluding hydrogens is 737 g/mol. The third kappa shape index (κ3) is 5.42. The summed E-state index contributed by atoms with van der Waals surface area (Å²) in [5, 5.41) is 7.44. The summed E-state index contributed by atoms with van der Waals surface area (Å²) < 4.78 is 2.42. The van der Waals surface area contributed by atoms with Crippen LogP contribution in [-0.2, 0) is 5.41 Å². The third-order valence-corrected chi connectivity index (χ3v) is 13.2. The van der Waals surface area contributed by atoms with Gasteiger partial charge in [-0.25, -0.2) is 0 Å². The highest BCUT2D eigenvalue weighted by Gasteiger charge is 2.36. The molecule has 0 atom stereocenters. The van der Waals surface area contributed by atoms with Gasteiger partial charge >= 0.3 is 0 Å². The maximum absolute atomic E-state index is 2.53. The van der Waals surface area contributed by atoms with Crippen molar-refractivity contribution in [3.63, 3.8) is 0 Å². The van der Waals surface area contributed by atoms with Crippen LogP contribution in [0, 0.1) is 0 Å². The first-order chi connectivity index (χ1) is 30.0. The molecule has 1 aromatic heterocycles. The number of hydrogen-bond acceptors (Lipinski definition) is 1. The molecular formula is C59H42N2. The molecule has 61 heavy (non-hydrogen) atoms. The smallest absolute Gasteiger partial charge is 0.0561 e. The minimum atomic E-state index is -0.166. The maximum Gasteiger partial charge on any atom is 0.0561 e. The molecule has 1 aliphatic carbocycles. The second-order valence-electron chi connectivity index (χ2n) is 16.9. The fourth-order valence-electron chi connectivity index (χ4n) is 10.3. The average Bonchev–Trinajstić information content (AvgIpc) is 3.77. The number of para-hydroxylation sites is 2. The Kier molecular flexibility index (Phi) is 7.92. The molecule has 0 bridgehead atoms. The van der Waals surface area contributed by atoms with Crippen LogP contribution in [0.3, 0.4) is 0 Å². The minimum absolute atomic E-state index is 0.166. The van der Waals surface area contributed by atoms with Crippen molar-refractivity contribution in [3.8, 4) is 39.1 Å². The van der Waals surface area contributed by atoms with E-state index in [2.05, 4.69) is 242 Å². The maximum atomic E-state index is 2.53. The number of aromatic nitrogens is 1. The fourth-order valence-corrected chi connectivity index (χ4v) is 10.3. The van der Waals surface area contributed by atoms with Gasteiger partial charge in [-0.15, -0.1) is 0 Å². The molecule has 0 amide bonds. The lowest BCUT2D eigenvalue weighted by molar-refractivity contribution is 0.660. The normalized spacial score (nSPS) is 12.9. The van der Waals surface area contributed by atoms with Gasteiger partial charge in [-0.05, 0) is 115 Å². The Hall–Kier alpha value is -7.68.